The van der Waals surface area contributed by atoms with Crippen molar-refractivity contribution in [1.29, 1.82) is 0 Å². The Kier molecular flexibility index (Phi) is 3.90. The van der Waals surface area contributed by atoms with Crippen molar-refractivity contribution in [2.45, 2.75) is 18.9 Å². The number of likely N-dealkylation sites (N-methyl/N-ethyl adjacent to an activating group) is 1. The monoisotopic (exact) mass is 276 g/mol. The molecule has 2 fully saturated rings. The fraction of sp³-hybridized carbons (Fsp3) is 0.900. The van der Waals surface area contributed by atoms with Crippen LogP contribution in [0.25, 0.3) is 0 Å². The Hall–Kier alpha value is -0.700. The summed E-state index contributed by atoms with van der Waals surface area (Å²) in [7, 11) is -1.76. The van der Waals surface area contributed by atoms with Crippen molar-refractivity contribution in [3.8, 4) is 0 Å². The second-order valence-electron chi connectivity index (χ2n) is 4.94. The molecule has 7 nitrogen and oxygen atoms in total. The zero-order chi connectivity index (χ0) is 13.3. The van der Waals surface area contributed by atoms with E-state index in [2.05, 4.69) is 4.90 Å². The molecule has 2 heterocycles. The van der Waals surface area contributed by atoms with E-state index in [0.29, 0.717) is 32.5 Å². The zero-order valence-corrected chi connectivity index (χ0v) is 11.4. The SMILES string of the molecule is CN1CCN(C(=O)[C@@H]2CCCN2S(N)(=O)=O)CC1. The number of nitrogens with zero attached hydrogens (tertiary/aromatic N) is 3. The minimum absolute atomic E-state index is 0.102. The molecule has 0 bridgehead atoms. The zero-order valence-electron chi connectivity index (χ0n) is 10.6. The third-order valence-corrected chi connectivity index (χ3v) is 4.72. The van der Waals surface area contributed by atoms with Crippen LogP contribution in [0.5, 0.6) is 0 Å². The first-order chi connectivity index (χ1) is 8.39. The van der Waals surface area contributed by atoms with Crippen LogP contribution in [0.4, 0.5) is 0 Å². The van der Waals surface area contributed by atoms with Gasteiger partial charge >= 0.3 is 0 Å². The predicted octanol–water partition coefficient (Wildman–Crippen LogP) is -1.57. The van der Waals surface area contributed by atoms with E-state index >= 15 is 0 Å². The van der Waals surface area contributed by atoms with Crippen molar-refractivity contribution >= 4 is 16.1 Å². The molecule has 0 aromatic rings. The highest BCUT2D eigenvalue weighted by Gasteiger charge is 2.39. The molecule has 2 aliphatic heterocycles. The van der Waals surface area contributed by atoms with Gasteiger partial charge in [0.15, 0.2) is 0 Å². The Morgan fingerprint density at radius 2 is 1.78 bits per heavy atom. The molecule has 2 rings (SSSR count). The lowest BCUT2D eigenvalue weighted by Crippen LogP contribution is -2.54. The summed E-state index contributed by atoms with van der Waals surface area (Å²) in [6.07, 6.45) is 1.27. The molecule has 1 amide bonds. The summed E-state index contributed by atoms with van der Waals surface area (Å²) < 4.78 is 23.9. The normalized spacial score (nSPS) is 27.7. The first kappa shape index (κ1) is 13.7. The fourth-order valence-electron chi connectivity index (χ4n) is 2.53. The Balaban J connectivity index is 2.04. The van der Waals surface area contributed by atoms with Gasteiger partial charge in [-0.2, -0.15) is 12.7 Å². The minimum atomic E-state index is -3.77. The summed E-state index contributed by atoms with van der Waals surface area (Å²) in [5.41, 5.74) is 0. The highest BCUT2D eigenvalue weighted by atomic mass is 32.2. The summed E-state index contributed by atoms with van der Waals surface area (Å²) in [4.78, 5) is 16.2. The summed E-state index contributed by atoms with van der Waals surface area (Å²) in [6, 6.07) is -0.594. The second kappa shape index (κ2) is 5.12. The summed E-state index contributed by atoms with van der Waals surface area (Å²) in [6.45, 7) is 3.32. The number of carbonyl (C=O) groups excluding carboxylic acids is 1. The van der Waals surface area contributed by atoms with Gasteiger partial charge in [-0.05, 0) is 19.9 Å². The van der Waals surface area contributed by atoms with Crippen LogP contribution >= 0.6 is 0 Å². The molecule has 0 aliphatic carbocycles. The third-order valence-electron chi connectivity index (χ3n) is 3.63. The molecule has 0 aromatic heterocycles. The number of amides is 1. The number of nitrogens with two attached hydrogens (primary N) is 1. The van der Waals surface area contributed by atoms with Gasteiger partial charge in [-0.25, -0.2) is 5.14 Å². The van der Waals surface area contributed by atoms with Crippen LogP contribution in [-0.4, -0.2) is 74.2 Å². The van der Waals surface area contributed by atoms with Gasteiger partial charge < -0.3 is 9.80 Å². The Morgan fingerprint density at radius 1 is 1.17 bits per heavy atom. The molecule has 18 heavy (non-hydrogen) atoms. The Labute approximate surface area is 108 Å². The lowest BCUT2D eigenvalue weighted by molar-refractivity contribution is -0.136. The van der Waals surface area contributed by atoms with Crippen molar-refractivity contribution in [3.05, 3.63) is 0 Å². The van der Waals surface area contributed by atoms with E-state index in [9.17, 15) is 13.2 Å². The number of piperazine rings is 1. The number of rotatable bonds is 2. The van der Waals surface area contributed by atoms with Crippen molar-refractivity contribution in [2.75, 3.05) is 39.8 Å². The molecule has 8 heteroatoms. The lowest BCUT2D eigenvalue weighted by Gasteiger charge is -2.35. The Morgan fingerprint density at radius 3 is 2.33 bits per heavy atom. The van der Waals surface area contributed by atoms with Crippen molar-refractivity contribution < 1.29 is 13.2 Å². The maximum atomic E-state index is 12.3. The molecule has 0 unspecified atom stereocenters. The first-order valence-corrected chi connectivity index (χ1v) is 7.67. The van der Waals surface area contributed by atoms with Gasteiger partial charge in [0.05, 0.1) is 0 Å². The molecule has 0 aromatic carbocycles. The van der Waals surface area contributed by atoms with E-state index in [-0.39, 0.29) is 5.91 Å². The molecule has 0 spiro atoms. The molecule has 0 radical (unpaired) electrons. The van der Waals surface area contributed by atoms with Crippen LogP contribution in [0.1, 0.15) is 12.8 Å². The molecule has 2 saturated heterocycles. The topological polar surface area (TPSA) is 86.9 Å². The van der Waals surface area contributed by atoms with Gasteiger partial charge in [-0.15, -0.1) is 0 Å². The number of hydrogen-bond donors (Lipinski definition) is 1. The molecular formula is C10H20N4O3S. The largest absolute Gasteiger partial charge is 0.339 e. The Bertz CT molecular complexity index is 417. The summed E-state index contributed by atoms with van der Waals surface area (Å²) >= 11 is 0. The quantitative estimate of drug-likeness (QED) is 0.660. The van der Waals surface area contributed by atoms with Crippen LogP contribution in [0.3, 0.4) is 0 Å². The van der Waals surface area contributed by atoms with Crippen LogP contribution in [0, 0.1) is 0 Å². The standard InChI is InChI=1S/C10H20N4O3S/c1-12-5-7-13(8-6-12)10(15)9-3-2-4-14(9)18(11,16)17/h9H,2-8H2,1H3,(H2,11,16,17)/t9-/m0/s1. The maximum Gasteiger partial charge on any atom is 0.277 e. The van der Waals surface area contributed by atoms with E-state index in [0.717, 1.165) is 17.4 Å². The van der Waals surface area contributed by atoms with Gasteiger partial charge in [0.2, 0.25) is 5.91 Å². The van der Waals surface area contributed by atoms with Gasteiger partial charge in [-0.3, -0.25) is 4.79 Å². The molecule has 1 atom stereocenters. The van der Waals surface area contributed by atoms with E-state index < -0.39 is 16.3 Å². The molecular weight excluding hydrogens is 256 g/mol. The van der Waals surface area contributed by atoms with Crippen molar-refractivity contribution in [3.63, 3.8) is 0 Å². The first-order valence-electron chi connectivity index (χ1n) is 6.16. The smallest absolute Gasteiger partial charge is 0.277 e. The van der Waals surface area contributed by atoms with E-state index in [1.54, 1.807) is 4.90 Å². The van der Waals surface area contributed by atoms with Crippen LogP contribution in [0.15, 0.2) is 0 Å². The van der Waals surface area contributed by atoms with E-state index in [1.807, 2.05) is 7.05 Å². The van der Waals surface area contributed by atoms with Crippen molar-refractivity contribution in [1.82, 2.24) is 14.1 Å². The minimum Gasteiger partial charge on any atom is -0.339 e. The van der Waals surface area contributed by atoms with Gasteiger partial charge in [-0.1, -0.05) is 0 Å². The van der Waals surface area contributed by atoms with E-state index in [1.165, 1.54) is 0 Å². The summed E-state index contributed by atoms with van der Waals surface area (Å²) in [5.74, 6) is -0.102. The predicted molar refractivity (Wildman–Crippen MR) is 66.9 cm³/mol. The fourth-order valence-corrected chi connectivity index (χ4v) is 3.46. The maximum absolute atomic E-state index is 12.3. The van der Waals surface area contributed by atoms with E-state index in [4.69, 9.17) is 5.14 Å². The van der Waals surface area contributed by atoms with Crippen molar-refractivity contribution in [2.24, 2.45) is 5.14 Å². The molecule has 2 N–H and O–H groups in total. The average molecular weight is 276 g/mol. The van der Waals surface area contributed by atoms with Gasteiger partial charge in [0, 0.05) is 32.7 Å². The molecule has 2 aliphatic rings. The summed E-state index contributed by atoms with van der Waals surface area (Å²) in [5, 5.41) is 5.14. The lowest BCUT2D eigenvalue weighted by atomic mass is 10.2. The number of hydrogen-bond acceptors (Lipinski definition) is 4. The highest BCUT2D eigenvalue weighted by Crippen LogP contribution is 2.21. The molecule has 104 valence electrons. The van der Waals surface area contributed by atoms with Gasteiger partial charge in [0.25, 0.3) is 10.2 Å². The van der Waals surface area contributed by atoms with Gasteiger partial charge in [0.1, 0.15) is 6.04 Å². The number of carbonyl (C=O) groups is 1. The average Bonchev–Trinajstić information content (AvgIpc) is 2.77. The second-order valence-corrected chi connectivity index (χ2v) is 6.44. The van der Waals surface area contributed by atoms with Crippen LogP contribution in [-0.2, 0) is 15.0 Å². The highest BCUT2D eigenvalue weighted by molar-refractivity contribution is 7.86. The van der Waals surface area contributed by atoms with Crippen LogP contribution in [0.2, 0.25) is 0 Å². The molecule has 0 saturated carbocycles. The van der Waals surface area contributed by atoms with Crippen LogP contribution < -0.4 is 5.14 Å². The third kappa shape index (κ3) is 2.82.